The summed E-state index contributed by atoms with van der Waals surface area (Å²) >= 11 is 0. The Kier molecular flexibility index (Phi) is 25.2. The van der Waals surface area contributed by atoms with E-state index in [1.165, 1.54) is 28.9 Å². The molecule has 5 atom stereocenters. The number of urea groups is 2. The van der Waals surface area contributed by atoms with Crippen LogP contribution in [0, 0.1) is 0 Å². The van der Waals surface area contributed by atoms with Gasteiger partial charge < -0.3 is 67.9 Å². The maximum Gasteiger partial charge on any atom is 0.326 e. The lowest BCUT2D eigenvalue weighted by Crippen LogP contribution is -2.54. The van der Waals surface area contributed by atoms with Crippen LogP contribution >= 0.6 is 0 Å². The molecule has 2 aromatic rings. The standard InChI is InChI=1S/C41H57FN10O17/c42-18-6-7-24-22-52(51-50-24)25-14-12-23(13-15-25)34(57)45-29(38(64)65)21-30(39(66)67)49-41(69)47-27(36(60)61)9-2-4-20-44-32(54)11-5-10-31(53)43-19-3-1-8-26(35(58)59)46-40(68)48-28(37(62)63)16-17-33(55)56/h12-15,22,26-30H,1-11,16-21H2,(H,43,53)(H,44,54)(H,45,57)(H,55,56)(H,58,59)(H,60,61)(H,62,63)(H,64,65)(H,66,67)(H2,46,48,68)(H2,47,49,69)/t26-,27-,28-,29?,30-/m0/s1. The first-order valence-corrected chi connectivity index (χ1v) is 21.6. The van der Waals surface area contributed by atoms with Crippen LogP contribution in [-0.4, -0.2) is 161 Å². The van der Waals surface area contributed by atoms with Crippen molar-refractivity contribution in [2.24, 2.45) is 0 Å². The average Bonchev–Trinajstić information content (AvgIpc) is 3.76. The minimum Gasteiger partial charge on any atom is -0.481 e. The summed E-state index contributed by atoms with van der Waals surface area (Å²) in [5.74, 6) is -10.6. The molecule has 380 valence electrons. The van der Waals surface area contributed by atoms with E-state index in [1.54, 1.807) is 6.20 Å². The van der Waals surface area contributed by atoms with Crippen LogP contribution in [0.5, 0.6) is 0 Å². The number of nitrogens with one attached hydrogen (secondary N) is 7. The van der Waals surface area contributed by atoms with Crippen molar-refractivity contribution in [2.75, 3.05) is 19.8 Å². The van der Waals surface area contributed by atoms with E-state index < -0.39 is 116 Å². The number of carbonyl (C=O) groups excluding carboxylic acids is 5. The number of aromatic nitrogens is 3. The Labute approximate surface area is 392 Å². The summed E-state index contributed by atoms with van der Waals surface area (Å²) < 4.78 is 13.9. The molecule has 1 aromatic heterocycles. The number of benzene rings is 1. The Hall–Kier alpha value is -7.94. The van der Waals surface area contributed by atoms with E-state index in [9.17, 15) is 77.6 Å². The molecule has 7 amide bonds. The Bertz CT molecular complexity index is 2110. The number of amides is 7. The highest BCUT2D eigenvalue weighted by Gasteiger charge is 2.31. The van der Waals surface area contributed by atoms with Gasteiger partial charge >= 0.3 is 47.9 Å². The number of carboxylic acids is 6. The summed E-state index contributed by atoms with van der Waals surface area (Å²) in [6.07, 6.45) is 1.34. The van der Waals surface area contributed by atoms with Crippen LogP contribution in [0.4, 0.5) is 14.0 Å². The Morgan fingerprint density at radius 3 is 1.43 bits per heavy atom. The SMILES string of the molecule is O=C(O)CC[C@H](NC(=O)N[C@@H](CCCCNC(=O)CCCC(=O)NCCCC[C@H](NC(=O)N[C@@H](CC(NC(=O)c1ccc(-n2cc(CCCF)nn2)cc1)C(=O)O)C(=O)O)C(=O)O)C(=O)O)C(=O)O. The number of aliphatic carboxylic acids is 6. The smallest absolute Gasteiger partial charge is 0.326 e. The molecule has 0 spiro atoms. The second-order valence-corrected chi connectivity index (χ2v) is 15.4. The largest absolute Gasteiger partial charge is 0.481 e. The first-order valence-electron chi connectivity index (χ1n) is 21.6. The molecule has 27 nitrogen and oxygen atoms in total. The number of aryl methyl sites for hydroxylation is 1. The first kappa shape index (κ1) is 57.2. The summed E-state index contributed by atoms with van der Waals surface area (Å²) in [6.45, 7) is -0.257. The van der Waals surface area contributed by atoms with Gasteiger partial charge in [-0.3, -0.25) is 23.6 Å². The van der Waals surface area contributed by atoms with Crippen LogP contribution in [0.2, 0.25) is 0 Å². The molecule has 0 aliphatic heterocycles. The van der Waals surface area contributed by atoms with Crippen LogP contribution in [0.25, 0.3) is 5.69 Å². The van der Waals surface area contributed by atoms with E-state index in [4.69, 9.17) is 10.2 Å². The zero-order valence-electron chi connectivity index (χ0n) is 37.2. The average molecular weight is 981 g/mol. The number of carboxylic acid groups (broad SMARTS) is 6. The maximum absolute atomic E-state index is 12.9. The topological polar surface area (TPSA) is 424 Å². The monoisotopic (exact) mass is 980 g/mol. The van der Waals surface area contributed by atoms with Gasteiger partial charge in [0, 0.05) is 44.3 Å². The molecule has 1 heterocycles. The molecule has 1 aromatic carbocycles. The maximum atomic E-state index is 12.9. The molecular weight excluding hydrogens is 924 g/mol. The molecule has 69 heavy (non-hydrogen) atoms. The molecule has 28 heteroatoms. The number of alkyl halides is 1. The molecule has 0 saturated heterocycles. The molecule has 0 saturated carbocycles. The second-order valence-electron chi connectivity index (χ2n) is 15.4. The minimum absolute atomic E-state index is 0.00174. The molecule has 0 radical (unpaired) electrons. The molecule has 1 unspecified atom stereocenters. The number of hydrogen-bond acceptors (Lipinski definition) is 13. The Morgan fingerprint density at radius 1 is 0.536 bits per heavy atom. The van der Waals surface area contributed by atoms with Gasteiger partial charge in [0.25, 0.3) is 5.91 Å². The highest BCUT2D eigenvalue weighted by molar-refractivity contribution is 5.97. The van der Waals surface area contributed by atoms with Crippen LogP contribution in [0.15, 0.2) is 30.5 Å². The van der Waals surface area contributed by atoms with Crippen molar-refractivity contribution < 1.29 is 87.8 Å². The minimum atomic E-state index is -1.89. The van der Waals surface area contributed by atoms with Gasteiger partial charge in [-0.2, -0.15) is 0 Å². The summed E-state index contributed by atoms with van der Waals surface area (Å²) in [5, 5.41) is 79.9. The fourth-order valence-corrected chi connectivity index (χ4v) is 6.22. The van der Waals surface area contributed by atoms with E-state index in [1.807, 2.05) is 10.6 Å². The molecule has 0 bridgehead atoms. The Morgan fingerprint density at radius 2 is 0.986 bits per heavy atom. The van der Waals surface area contributed by atoms with Crippen molar-refractivity contribution in [3.8, 4) is 5.69 Å². The quantitative estimate of drug-likeness (QED) is 0.0403. The highest BCUT2D eigenvalue weighted by Crippen LogP contribution is 2.12. The molecule has 0 aliphatic rings. The summed E-state index contributed by atoms with van der Waals surface area (Å²) in [7, 11) is 0. The van der Waals surface area contributed by atoms with Crippen molar-refractivity contribution in [3.63, 3.8) is 0 Å². The predicted molar refractivity (Wildman–Crippen MR) is 233 cm³/mol. The summed E-state index contributed by atoms with van der Waals surface area (Å²) in [6, 6.07) is -4.82. The van der Waals surface area contributed by atoms with Crippen molar-refractivity contribution in [1.82, 2.24) is 52.2 Å². The van der Waals surface area contributed by atoms with Gasteiger partial charge in [0.1, 0.15) is 30.2 Å². The van der Waals surface area contributed by atoms with Gasteiger partial charge in [0.2, 0.25) is 11.8 Å². The third-order valence-electron chi connectivity index (χ3n) is 9.93. The van der Waals surface area contributed by atoms with Crippen LogP contribution in [0.1, 0.15) is 99.5 Å². The van der Waals surface area contributed by atoms with Crippen LogP contribution in [-0.2, 0) is 44.8 Å². The molecular formula is C41H57FN10O17. The van der Waals surface area contributed by atoms with Gasteiger partial charge in [-0.1, -0.05) is 5.21 Å². The van der Waals surface area contributed by atoms with Crippen molar-refractivity contribution in [2.45, 2.75) is 120 Å². The van der Waals surface area contributed by atoms with E-state index in [-0.39, 0.29) is 82.3 Å². The van der Waals surface area contributed by atoms with Gasteiger partial charge in [0.05, 0.1) is 24.3 Å². The number of carbonyl (C=O) groups is 11. The lowest BCUT2D eigenvalue weighted by atomic mass is 10.1. The lowest BCUT2D eigenvalue weighted by molar-refractivity contribution is -0.143. The normalized spacial score (nSPS) is 12.9. The Balaban J connectivity index is 1.70. The number of rotatable bonds is 34. The van der Waals surface area contributed by atoms with Crippen molar-refractivity contribution in [1.29, 1.82) is 0 Å². The second kappa shape index (κ2) is 30.4. The molecule has 13 N–H and O–H groups in total. The van der Waals surface area contributed by atoms with Gasteiger partial charge in [-0.05, 0) is 88.5 Å². The van der Waals surface area contributed by atoms with E-state index in [2.05, 4.69) is 36.9 Å². The highest BCUT2D eigenvalue weighted by atomic mass is 19.1. The third kappa shape index (κ3) is 22.9. The zero-order valence-corrected chi connectivity index (χ0v) is 37.2. The lowest BCUT2D eigenvalue weighted by Gasteiger charge is -2.22. The van der Waals surface area contributed by atoms with E-state index >= 15 is 0 Å². The molecule has 0 fully saturated rings. The van der Waals surface area contributed by atoms with Crippen LogP contribution < -0.4 is 37.2 Å². The molecule has 0 aliphatic carbocycles. The molecule has 2 rings (SSSR count). The number of unbranched alkanes of at least 4 members (excludes halogenated alkanes) is 2. The first-order chi connectivity index (χ1) is 32.7. The predicted octanol–water partition coefficient (Wildman–Crippen LogP) is -0.238. The summed E-state index contributed by atoms with van der Waals surface area (Å²) in [5.41, 5.74) is 1.04. The van der Waals surface area contributed by atoms with E-state index in [0.29, 0.717) is 24.2 Å². The van der Waals surface area contributed by atoms with Crippen LogP contribution in [0.3, 0.4) is 0 Å². The van der Waals surface area contributed by atoms with Gasteiger partial charge in [-0.25, -0.2) is 38.2 Å². The zero-order chi connectivity index (χ0) is 51.5. The number of hydrogen-bond donors (Lipinski definition) is 13. The fraction of sp³-hybridized carbons (Fsp3) is 0.537. The fourth-order valence-electron chi connectivity index (χ4n) is 6.22. The van der Waals surface area contributed by atoms with Crippen molar-refractivity contribution in [3.05, 3.63) is 41.7 Å². The number of nitrogens with zero attached hydrogens (tertiary/aromatic N) is 3. The third-order valence-corrected chi connectivity index (χ3v) is 9.93. The summed E-state index contributed by atoms with van der Waals surface area (Å²) in [4.78, 5) is 131. The van der Waals surface area contributed by atoms with Crippen molar-refractivity contribution >= 4 is 65.6 Å². The van der Waals surface area contributed by atoms with Gasteiger partial charge in [0.15, 0.2) is 0 Å². The van der Waals surface area contributed by atoms with Gasteiger partial charge in [-0.15, -0.1) is 5.10 Å². The van der Waals surface area contributed by atoms with E-state index in [0.717, 1.165) is 0 Å². The number of halogens is 1.